The third kappa shape index (κ3) is 7.79. The number of hydrogen-bond donors (Lipinski definition) is 1. The Hall–Kier alpha value is -3.90. The first kappa shape index (κ1) is 27.7. The van der Waals surface area contributed by atoms with E-state index >= 15 is 0 Å². The van der Waals surface area contributed by atoms with Crippen LogP contribution in [-0.4, -0.2) is 69.7 Å². The SMILES string of the molecule is Cc1nnc([C@H]2CN(C(=O)OC(C)(C)C)CCN2C(=O)CNC(=O)/C=C/c2ccc(C(F)(F)F)cc2)o1. The molecule has 1 saturated heterocycles. The van der Waals surface area contributed by atoms with Gasteiger partial charge in [-0.2, -0.15) is 13.2 Å². The summed E-state index contributed by atoms with van der Waals surface area (Å²) in [6.45, 7) is 6.89. The van der Waals surface area contributed by atoms with E-state index in [0.717, 1.165) is 18.2 Å². The van der Waals surface area contributed by atoms with Gasteiger partial charge in [-0.15, -0.1) is 10.2 Å². The quantitative estimate of drug-likeness (QED) is 0.598. The van der Waals surface area contributed by atoms with Gasteiger partial charge in [-0.05, 0) is 44.5 Å². The lowest BCUT2D eigenvalue weighted by molar-refractivity contribution is -0.138. The Balaban J connectivity index is 1.62. The fraction of sp³-hybridized carbons (Fsp3) is 0.458. The maximum Gasteiger partial charge on any atom is 0.416 e. The Morgan fingerprint density at radius 1 is 1.14 bits per heavy atom. The van der Waals surface area contributed by atoms with Gasteiger partial charge >= 0.3 is 12.3 Å². The molecule has 1 aromatic heterocycles. The summed E-state index contributed by atoms with van der Waals surface area (Å²) < 4.78 is 48.9. The fourth-order valence-electron chi connectivity index (χ4n) is 3.51. The van der Waals surface area contributed by atoms with Gasteiger partial charge in [0.25, 0.3) is 0 Å². The van der Waals surface area contributed by atoms with Crippen LogP contribution in [-0.2, 0) is 20.5 Å². The molecule has 2 heterocycles. The average Bonchev–Trinajstić information content (AvgIpc) is 3.25. The molecule has 3 rings (SSSR count). The Morgan fingerprint density at radius 2 is 1.81 bits per heavy atom. The molecular formula is C24H28F3N5O5. The highest BCUT2D eigenvalue weighted by Gasteiger charge is 2.38. The highest BCUT2D eigenvalue weighted by atomic mass is 19.4. The number of benzene rings is 1. The molecule has 1 aliphatic rings. The Labute approximate surface area is 211 Å². The number of nitrogens with zero attached hydrogens (tertiary/aromatic N) is 4. The molecule has 2 aromatic rings. The van der Waals surface area contributed by atoms with E-state index in [1.54, 1.807) is 27.7 Å². The molecule has 0 saturated carbocycles. The maximum absolute atomic E-state index is 13.0. The number of halogens is 3. The van der Waals surface area contributed by atoms with Crippen molar-refractivity contribution in [2.24, 2.45) is 0 Å². The number of rotatable bonds is 5. The summed E-state index contributed by atoms with van der Waals surface area (Å²) in [5.41, 5.74) is -1.10. The minimum Gasteiger partial charge on any atom is -0.444 e. The third-order valence-corrected chi connectivity index (χ3v) is 5.26. The number of aromatic nitrogens is 2. The number of hydrogen-bond acceptors (Lipinski definition) is 7. The van der Waals surface area contributed by atoms with Crippen molar-refractivity contribution in [2.45, 2.75) is 45.5 Å². The van der Waals surface area contributed by atoms with Gasteiger partial charge in [0.05, 0.1) is 18.7 Å². The number of piperazine rings is 1. The normalized spacial score (nSPS) is 16.7. The molecule has 37 heavy (non-hydrogen) atoms. The maximum atomic E-state index is 13.0. The molecule has 1 aromatic carbocycles. The van der Waals surface area contributed by atoms with Crippen LogP contribution in [0.15, 0.2) is 34.8 Å². The first-order chi connectivity index (χ1) is 17.2. The summed E-state index contributed by atoms with van der Waals surface area (Å²) >= 11 is 0. The number of carbonyl (C=O) groups excluding carboxylic acids is 3. The molecule has 0 radical (unpaired) electrons. The van der Waals surface area contributed by atoms with E-state index in [1.807, 2.05) is 0 Å². The van der Waals surface area contributed by atoms with Crippen molar-refractivity contribution >= 4 is 24.0 Å². The first-order valence-electron chi connectivity index (χ1n) is 11.4. The third-order valence-electron chi connectivity index (χ3n) is 5.26. The molecule has 200 valence electrons. The highest BCUT2D eigenvalue weighted by molar-refractivity contribution is 5.94. The molecule has 1 N–H and O–H groups in total. The zero-order valence-electron chi connectivity index (χ0n) is 20.8. The van der Waals surface area contributed by atoms with Crippen molar-refractivity contribution in [2.75, 3.05) is 26.2 Å². The number of aryl methyl sites for hydroxylation is 1. The van der Waals surface area contributed by atoms with Crippen LogP contribution in [0.4, 0.5) is 18.0 Å². The number of ether oxygens (including phenoxy) is 1. The zero-order valence-corrected chi connectivity index (χ0v) is 20.8. The second kappa shape index (κ2) is 11.0. The summed E-state index contributed by atoms with van der Waals surface area (Å²) in [4.78, 5) is 40.6. The van der Waals surface area contributed by atoms with Crippen molar-refractivity contribution in [3.8, 4) is 0 Å². The number of amides is 3. The van der Waals surface area contributed by atoms with Crippen LogP contribution in [0.5, 0.6) is 0 Å². The smallest absolute Gasteiger partial charge is 0.416 e. The number of nitrogens with one attached hydrogen (secondary N) is 1. The van der Waals surface area contributed by atoms with Crippen molar-refractivity contribution in [3.63, 3.8) is 0 Å². The van der Waals surface area contributed by atoms with Gasteiger partial charge in [0, 0.05) is 26.1 Å². The Bertz CT molecular complexity index is 1150. The molecule has 0 unspecified atom stereocenters. The molecule has 10 nitrogen and oxygen atoms in total. The van der Waals surface area contributed by atoms with Crippen LogP contribution in [0, 0.1) is 6.92 Å². The highest BCUT2D eigenvalue weighted by Crippen LogP contribution is 2.29. The van der Waals surface area contributed by atoms with Gasteiger partial charge in [-0.3, -0.25) is 9.59 Å². The molecule has 13 heteroatoms. The van der Waals surface area contributed by atoms with Crippen molar-refractivity contribution in [1.29, 1.82) is 0 Å². The van der Waals surface area contributed by atoms with Crippen LogP contribution in [0.25, 0.3) is 6.08 Å². The first-order valence-corrected chi connectivity index (χ1v) is 11.4. The lowest BCUT2D eigenvalue weighted by Gasteiger charge is -2.40. The predicted octanol–water partition coefficient (Wildman–Crippen LogP) is 3.35. The van der Waals surface area contributed by atoms with Crippen molar-refractivity contribution in [1.82, 2.24) is 25.3 Å². The monoisotopic (exact) mass is 523 g/mol. The van der Waals surface area contributed by atoms with Gasteiger partial charge in [0.2, 0.25) is 23.6 Å². The van der Waals surface area contributed by atoms with Crippen molar-refractivity contribution in [3.05, 3.63) is 53.2 Å². The van der Waals surface area contributed by atoms with E-state index in [-0.39, 0.29) is 32.1 Å². The van der Waals surface area contributed by atoms with E-state index in [0.29, 0.717) is 11.5 Å². The van der Waals surface area contributed by atoms with Crippen LogP contribution >= 0.6 is 0 Å². The lowest BCUT2D eigenvalue weighted by Crippen LogP contribution is -2.54. The van der Waals surface area contributed by atoms with E-state index in [4.69, 9.17) is 9.15 Å². The summed E-state index contributed by atoms with van der Waals surface area (Å²) in [5.74, 6) is -0.613. The van der Waals surface area contributed by atoms with E-state index in [9.17, 15) is 27.6 Å². The topological polar surface area (TPSA) is 118 Å². The summed E-state index contributed by atoms with van der Waals surface area (Å²) in [6, 6.07) is 3.56. The molecule has 3 amide bonds. The molecular weight excluding hydrogens is 495 g/mol. The van der Waals surface area contributed by atoms with Gasteiger partial charge in [-0.25, -0.2) is 4.79 Å². The largest absolute Gasteiger partial charge is 0.444 e. The van der Waals surface area contributed by atoms with E-state index in [1.165, 1.54) is 28.0 Å². The summed E-state index contributed by atoms with van der Waals surface area (Å²) in [7, 11) is 0. The molecule has 1 fully saturated rings. The van der Waals surface area contributed by atoms with Crippen molar-refractivity contribution < 1.29 is 36.7 Å². The van der Waals surface area contributed by atoms with Crippen LogP contribution in [0.3, 0.4) is 0 Å². The second-order valence-corrected chi connectivity index (χ2v) is 9.36. The summed E-state index contributed by atoms with van der Waals surface area (Å²) in [6.07, 6.45) is -2.53. The van der Waals surface area contributed by atoms with Gasteiger partial charge in [0.1, 0.15) is 11.6 Å². The fourth-order valence-corrected chi connectivity index (χ4v) is 3.51. The molecule has 1 atom stereocenters. The minimum absolute atomic E-state index is 0.0596. The Kier molecular flexibility index (Phi) is 8.24. The number of carbonyl (C=O) groups is 3. The second-order valence-electron chi connectivity index (χ2n) is 9.36. The van der Waals surface area contributed by atoms with Gasteiger partial charge in [0.15, 0.2) is 0 Å². The Morgan fingerprint density at radius 3 is 2.38 bits per heavy atom. The molecule has 0 bridgehead atoms. The summed E-state index contributed by atoms with van der Waals surface area (Å²) in [5, 5.41) is 10.3. The van der Waals surface area contributed by atoms with Crippen LogP contribution in [0.2, 0.25) is 0 Å². The van der Waals surface area contributed by atoms with E-state index < -0.39 is 41.3 Å². The van der Waals surface area contributed by atoms with Gasteiger partial charge < -0.3 is 24.3 Å². The minimum atomic E-state index is -4.45. The average molecular weight is 524 g/mol. The number of alkyl halides is 3. The van der Waals surface area contributed by atoms with Crippen LogP contribution < -0.4 is 5.32 Å². The predicted molar refractivity (Wildman–Crippen MR) is 125 cm³/mol. The van der Waals surface area contributed by atoms with E-state index in [2.05, 4.69) is 15.5 Å². The zero-order chi connectivity index (χ0) is 27.4. The van der Waals surface area contributed by atoms with Crippen LogP contribution in [0.1, 0.15) is 49.7 Å². The standard InChI is InChI=1S/C24H28F3N5O5/c1-15-29-30-21(36-15)18-14-31(22(35)37-23(2,3)4)11-12-32(18)20(34)13-28-19(33)10-7-16-5-8-17(9-6-16)24(25,26)27/h5-10,18H,11-14H2,1-4H3,(H,28,33)/b10-7+/t18-/m1/s1. The molecule has 0 aliphatic carbocycles. The van der Waals surface area contributed by atoms with Gasteiger partial charge in [-0.1, -0.05) is 12.1 Å². The lowest BCUT2D eigenvalue weighted by atomic mass is 10.1. The molecule has 0 spiro atoms. The molecule has 1 aliphatic heterocycles.